The van der Waals surface area contributed by atoms with Gasteiger partial charge in [0.25, 0.3) is 0 Å². The largest absolute Gasteiger partial charge is 0.351 e. The molecule has 0 aromatic carbocycles. The molecule has 0 radical (unpaired) electrons. The van der Waals surface area contributed by atoms with Crippen molar-refractivity contribution in [1.82, 2.24) is 0 Å². The molecule has 0 amide bonds. The van der Waals surface area contributed by atoms with Crippen molar-refractivity contribution in [3.8, 4) is 0 Å². The van der Waals surface area contributed by atoms with Gasteiger partial charge in [0.05, 0.1) is 0 Å². The maximum Gasteiger partial charge on any atom is 0.193 e. The SMILES string of the molecule is COC1(C)OC1CN. The average Bonchev–Trinajstić information content (AvgIpc) is 2.44. The lowest BCUT2D eigenvalue weighted by Crippen LogP contribution is -2.18. The molecule has 1 rings (SSSR count). The smallest absolute Gasteiger partial charge is 0.193 e. The van der Waals surface area contributed by atoms with Gasteiger partial charge in [-0.3, -0.25) is 0 Å². The topological polar surface area (TPSA) is 47.8 Å². The first-order valence-corrected chi connectivity index (χ1v) is 2.66. The molecular formula is C5H11NO2. The molecule has 2 N–H and O–H groups in total. The summed E-state index contributed by atoms with van der Waals surface area (Å²) in [5.74, 6) is -0.366. The molecule has 1 heterocycles. The molecule has 1 fully saturated rings. The van der Waals surface area contributed by atoms with Gasteiger partial charge in [0.15, 0.2) is 5.79 Å². The van der Waals surface area contributed by atoms with Gasteiger partial charge in [0.2, 0.25) is 0 Å². The summed E-state index contributed by atoms with van der Waals surface area (Å²) in [5, 5.41) is 0. The van der Waals surface area contributed by atoms with Crippen LogP contribution in [0.3, 0.4) is 0 Å². The van der Waals surface area contributed by atoms with Crippen LogP contribution >= 0.6 is 0 Å². The molecule has 0 aromatic heterocycles. The van der Waals surface area contributed by atoms with Crippen molar-refractivity contribution in [2.24, 2.45) is 5.73 Å². The quantitative estimate of drug-likeness (QED) is 0.505. The van der Waals surface area contributed by atoms with Gasteiger partial charge in [-0.1, -0.05) is 0 Å². The van der Waals surface area contributed by atoms with Crippen molar-refractivity contribution in [2.75, 3.05) is 13.7 Å². The van der Waals surface area contributed by atoms with Gasteiger partial charge in [-0.2, -0.15) is 0 Å². The highest BCUT2D eigenvalue weighted by Crippen LogP contribution is 2.35. The van der Waals surface area contributed by atoms with E-state index >= 15 is 0 Å². The highest BCUT2D eigenvalue weighted by Gasteiger charge is 2.51. The van der Waals surface area contributed by atoms with E-state index < -0.39 is 0 Å². The molecule has 1 aliphatic heterocycles. The zero-order chi connectivity index (χ0) is 6.20. The number of ether oxygens (including phenoxy) is 2. The molecule has 1 aliphatic rings. The summed E-state index contributed by atoms with van der Waals surface area (Å²) in [6.45, 7) is 2.43. The van der Waals surface area contributed by atoms with Gasteiger partial charge >= 0.3 is 0 Å². The fourth-order valence-electron chi connectivity index (χ4n) is 0.690. The summed E-state index contributed by atoms with van der Waals surface area (Å²) >= 11 is 0. The molecule has 2 atom stereocenters. The zero-order valence-electron chi connectivity index (χ0n) is 5.18. The van der Waals surface area contributed by atoms with Crippen LogP contribution in [-0.2, 0) is 9.47 Å². The number of methoxy groups -OCH3 is 1. The number of epoxide rings is 1. The third-order valence-corrected chi connectivity index (χ3v) is 1.52. The Kier molecular flexibility index (Phi) is 1.27. The predicted octanol–water partition coefficient (Wildman–Crippen LogP) is -0.294. The van der Waals surface area contributed by atoms with Crippen molar-refractivity contribution in [3.05, 3.63) is 0 Å². The van der Waals surface area contributed by atoms with Crippen molar-refractivity contribution >= 4 is 0 Å². The Hall–Kier alpha value is -0.120. The second kappa shape index (κ2) is 1.69. The van der Waals surface area contributed by atoms with Crippen LogP contribution in [0.15, 0.2) is 0 Å². The van der Waals surface area contributed by atoms with Crippen LogP contribution in [0.25, 0.3) is 0 Å². The second-order valence-corrected chi connectivity index (χ2v) is 2.06. The van der Waals surface area contributed by atoms with E-state index in [1.54, 1.807) is 7.11 Å². The first-order valence-electron chi connectivity index (χ1n) is 2.66. The zero-order valence-corrected chi connectivity index (χ0v) is 5.18. The number of rotatable bonds is 2. The first kappa shape index (κ1) is 6.01. The van der Waals surface area contributed by atoms with Crippen molar-refractivity contribution in [2.45, 2.75) is 18.8 Å². The van der Waals surface area contributed by atoms with Crippen molar-refractivity contribution in [3.63, 3.8) is 0 Å². The summed E-state index contributed by atoms with van der Waals surface area (Å²) < 4.78 is 10.0. The van der Waals surface area contributed by atoms with E-state index in [-0.39, 0.29) is 11.9 Å². The maximum atomic E-state index is 5.28. The van der Waals surface area contributed by atoms with Gasteiger partial charge in [0.1, 0.15) is 6.10 Å². The molecular weight excluding hydrogens is 106 g/mol. The minimum atomic E-state index is -0.366. The lowest BCUT2D eigenvalue weighted by Gasteiger charge is -1.99. The average molecular weight is 117 g/mol. The Labute approximate surface area is 48.8 Å². The predicted molar refractivity (Wildman–Crippen MR) is 29.3 cm³/mol. The molecule has 0 spiro atoms. The first-order chi connectivity index (χ1) is 3.73. The molecule has 1 saturated heterocycles. The van der Waals surface area contributed by atoms with Crippen LogP contribution in [0.5, 0.6) is 0 Å². The standard InChI is InChI=1S/C5H11NO2/c1-5(7-2)4(3-6)8-5/h4H,3,6H2,1-2H3. The molecule has 2 unspecified atom stereocenters. The summed E-state index contributed by atoms with van der Waals surface area (Å²) in [4.78, 5) is 0. The highest BCUT2D eigenvalue weighted by molar-refractivity contribution is 4.90. The summed E-state index contributed by atoms with van der Waals surface area (Å²) in [6, 6.07) is 0. The van der Waals surface area contributed by atoms with Crippen LogP contribution in [-0.4, -0.2) is 25.5 Å². The molecule has 48 valence electrons. The molecule has 3 heteroatoms. The van der Waals surface area contributed by atoms with Crippen LogP contribution in [0, 0.1) is 0 Å². The third-order valence-electron chi connectivity index (χ3n) is 1.52. The molecule has 0 aliphatic carbocycles. The van der Waals surface area contributed by atoms with E-state index in [9.17, 15) is 0 Å². The van der Waals surface area contributed by atoms with Crippen LogP contribution in [0.1, 0.15) is 6.92 Å². The maximum absolute atomic E-state index is 5.28. The molecule has 0 aromatic rings. The number of hydrogen-bond acceptors (Lipinski definition) is 3. The van der Waals surface area contributed by atoms with E-state index in [2.05, 4.69) is 0 Å². The van der Waals surface area contributed by atoms with Crippen LogP contribution < -0.4 is 5.73 Å². The van der Waals surface area contributed by atoms with Gasteiger partial charge in [-0.15, -0.1) is 0 Å². The van der Waals surface area contributed by atoms with Crippen LogP contribution in [0.2, 0.25) is 0 Å². The minimum Gasteiger partial charge on any atom is -0.351 e. The van der Waals surface area contributed by atoms with Gasteiger partial charge < -0.3 is 15.2 Å². The van der Waals surface area contributed by atoms with Crippen LogP contribution in [0.4, 0.5) is 0 Å². The number of hydrogen-bond donors (Lipinski definition) is 1. The van der Waals surface area contributed by atoms with E-state index in [0.717, 1.165) is 0 Å². The molecule has 3 nitrogen and oxygen atoms in total. The Morgan fingerprint density at radius 1 is 1.88 bits per heavy atom. The molecule has 8 heavy (non-hydrogen) atoms. The van der Waals surface area contributed by atoms with Gasteiger partial charge in [0, 0.05) is 13.7 Å². The lowest BCUT2D eigenvalue weighted by molar-refractivity contribution is 0.00582. The Morgan fingerprint density at radius 2 is 2.50 bits per heavy atom. The van der Waals surface area contributed by atoms with E-state index in [4.69, 9.17) is 15.2 Å². The Bertz CT molecular complexity index is 96.4. The van der Waals surface area contributed by atoms with E-state index in [1.165, 1.54) is 0 Å². The summed E-state index contributed by atoms with van der Waals surface area (Å²) in [6.07, 6.45) is 0.118. The fourth-order valence-corrected chi connectivity index (χ4v) is 0.690. The minimum absolute atomic E-state index is 0.118. The normalized spacial score (nSPS) is 44.6. The fraction of sp³-hybridized carbons (Fsp3) is 1.00. The third kappa shape index (κ3) is 0.727. The molecule has 0 saturated carbocycles. The van der Waals surface area contributed by atoms with E-state index in [0.29, 0.717) is 6.54 Å². The highest BCUT2D eigenvalue weighted by atomic mass is 16.8. The lowest BCUT2D eigenvalue weighted by atomic mass is 10.3. The van der Waals surface area contributed by atoms with Gasteiger partial charge in [-0.25, -0.2) is 0 Å². The van der Waals surface area contributed by atoms with Crippen molar-refractivity contribution in [1.29, 1.82) is 0 Å². The van der Waals surface area contributed by atoms with Crippen molar-refractivity contribution < 1.29 is 9.47 Å². The molecule has 0 bridgehead atoms. The Morgan fingerprint density at radius 3 is 2.62 bits per heavy atom. The summed E-state index contributed by atoms with van der Waals surface area (Å²) in [5.41, 5.74) is 5.28. The van der Waals surface area contributed by atoms with Gasteiger partial charge in [-0.05, 0) is 6.92 Å². The monoisotopic (exact) mass is 117 g/mol. The number of nitrogens with two attached hydrogens (primary N) is 1. The Balaban J connectivity index is 2.31. The second-order valence-electron chi connectivity index (χ2n) is 2.06. The van der Waals surface area contributed by atoms with E-state index in [1.807, 2.05) is 6.92 Å². The summed E-state index contributed by atoms with van der Waals surface area (Å²) in [7, 11) is 1.62.